The average molecular weight is 273 g/mol. The van der Waals surface area contributed by atoms with Crippen LogP contribution >= 0.6 is 11.8 Å². The van der Waals surface area contributed by atoms with Gasteiger partial charge in [0, 0.05) is 6.54 Å². The lowest BCUT2D eigenvalue weighted by atomic mass is 10.0. The molecule has 2 rings (SSSR count). The molecule has 1 nitrogen and oxygen atoms in total. The van der Waals surface area contributed by atoms with Gasteiger partial charge in [-0.15, -0.1) is 0 Å². The van der Waals surface area contributed by atoms with Gasteiger partial charge in [-0.05, 0) is 47.7 Å². The van der Waals surface area contributed by atoms with Gasteiger partial charge in [0.15, 0.2) is 0 Å². The Morgan fingerprint density at radius 1 is 0.947 bits per heavy atom. The van der Waals surface area contributed by atoms with E-state index in [4.69, 9.17) is 0 Å². The van der Waals surface area contributed by atoms with Crippen LogP contribution in [-0.4, -0.2) is 18.6 Å². The van der Waals surface area contributed by atoms with Gasteiger partial charge in [-0.3, -0.25) is 0 Å². The molecule has 19 heavy (non-hydrogen) atoms. The van der Waals surface area contributed by atoms with Crippen LogP contribution in [0.15, 0.2) is 42.5 Å². The molecule has 1 N–H and O–H groups in total. The number of unbranched alkanes of at least 4 members (excludes halogenated alkanes) is 2. The van der Waals surface area contributed by atoms with Gasteiger partial charge in [0.2, 0.25) is 0 Å². The fourth-order valence-corrected chi connectivity index (χ4v) is 2.84. The van der Waals surface area contributed by atoms with Crippen molar-refractivity contribution in [2.45, 2.75) is 25.8 Å². The minimum absolute atomic E-state index is 0.976. The average Bonchev–Trinajstić information content (AvgIpc) is 2.46. The number of fused-ring (bicyclic) bond motifs is 1. The molecule has 0 spiro atoms. The molecule has 2 heteroatoms. The first-order valence-corrected chi connectivity index (χ1v) is 8.47. The van der Waals surface area contributed by atoms with Crippen molar-refractivity contribution in [1.29, 1.82) is 0 Å². The topological polar surface area (TPSA) is 12.0 Å². The molecule has 0 aliphatic rings. The van der Waals surface area contributed by atoms with Crippen LogP contribution in [0.25, 0.3) is 10.8 Å². The van der Waals surface area contributed by atoms with Gasteiger partial charge in [-0.25, -0.2) is 0 Å². The van der Waals surface area contributed by atoms with Gasteiger partial charge in [0.25, 0.3) is 0 Å². The van der Waals surface area contributed by atoms with Gasteiger partial charge < -0.3 is 5.32 Å². The number of rotatable bonds is 8. The quantitative estimate of drug-likeness (QED) is 0.713. The Labute approximate surface area is 120 Å². The summed E-state index contributed by atoms with van der Waals surface area (Å²) < 4.78 is 0. The van der Waals surface area contributed by atoms with Crippen molar-refractivity contribution in [3.63, 3.8) is 0 Å². The van der Waals surface area contributed by atoms with Gasteiger partial charge in [-0.2, -0.15) is 11.8 Å². The first kappa shape index (κ1) is 14.4. The van der Waals surface area contributed by atoms with Crippen LogP contribution in [0.2, 0.25) is 0 Å². The number of benzene rings is 2. The number of hydrogen-bond donors (Lipinski definition) is 1. The fourth-order valence-electron chi connectivity index (χ4n) is 2.34. The molecule has 0 atom stereocenters. The van der Waals surface area contributed by atoms with E-state index in [2.05, 4.69) is 54.0 Å². The highest BCUT2D eigenvalue weighted by Gasteiger charge is 1.99. The molecule has 0 fully saturated rings. The molecule has 0 heterocycles. The molecule has 0 radical (unpaired) electrons. The third-order valence-electron chi connectivity index (χ3n) is 3.40. The van der Waals surface area contributed by atoms with Crippen LogP contribution in [0.1, 0.15) is 24.8 Å². The second-order valence-electron chi connectivity index (χ2n) is 4.87. The smallest absolute Gasteiger partial charge is 0.0211 e. The summed E-state index contributed by atoms with van der Waals surface area (Å²) in [6.07, 6.45) is 6.14. The molecule has 0 aliphatic heterocycles. The van der Waals surface area contributed by atoms with Crippen molar-refractivity contribution in [1.82, 2.24) is 5.32 Å². The first-order chi connectivity index (χ1) is 9.42. The number of thioether (sulfide) groups is 1. The molecule has 2 aromatic carbocycles. The van der Waals surface area contributed by atoms with Gasteiger partial charge >= 0.3 is 0 Å². The maximum atomic E-state index is 3.56. The predicted molar refractivity (Wildman–Crippen MR) is 87.9 cm³/mol. The van der Waals surface area contributed by atoms with Crippen LogP contribution in [0, 0.1) is 0 Å². The molecule has 0 aromatic heterocycles. The molecule has 2 aromatic rings. The van der Waals surface area contributed by atoms with Crippen LogP contribution < -0.4 is 5.32 Å². The molecule has 102 valence electrons. The van der Waals surface area contributed by atoms with Gasteiger partial charge in [-0.1, -0.05) is 48.9 Å². The first-order valence-electron chi connectivity index (χ1n) is 7.08. The van der Waals surface area contributed by atoms with Crippen molar-refractivity contribution in [2.24, 2.45) is 0 Å². The zero-order chi connectivity index (χ0) is 13.3. The minimum atomic E-state index is 0.976. The summed E-state index contributed by atoms with van der Waals surface area (Å²) in [5, 5.41) is 6.27. The van der Waals surface area contributed by atoms with Crippen molar-refractivity contribution in [2.75, 3.05) is 18.6 Å². The van der Waals surface area contributed by atoms with E-state index in [1.165, 1.54) is 41.4 Å². The Morgan fingerprint density at radius 2 is 1.79 bits per heavy atom. The summed E-state index contributed by atoms with van der Waals surface area (Å²) >= 11 is 1.94. The van der Waals surface area contributed by atoms with Gasteiger partial charge in [0.05, 0.1) is 0 Å². The zero-order valence-electron chi connectivity index (χ0n) is 11.7. The van der Waals surface area contributed by atoms with Crippen molar-refractivity contribution in [3.05, 3.63) is 48.0 Å². The highest BCUT2D eigenvalue weighted by atomic mass is 32.2. The van der Waals surface area contributed by atoms with Crippen molar-refractivity contribution in [3.8, 4) is 0 Å². The Kier molecular flexibility index (Phi) is 6.25. The molecule has 0 aliphatic carbocycles. The van der Waals surface area contributed by atoms with E-state index in [1.54, 1.807) is 0 Å². The van der Waals surface area contributed by atoms with Crippen molar-refractivity contribution < 1.29 is 0 Å². The second-order valence-corrected chi connectivity index (χ2v) is 5.85. The lowest BCUT2D eigenvalue weighted by Gasteiger charge is -2.08. The predicted octanol–water partition coefficient (Wildman–Crippen LogP) is 4.46. The Hall–Kier alpha value is -0.990. The van der Waals surface area contributed by atoms with E-state index in [0.717, 1.165) is 13.1 Å². The summed E-state index contributed by atoms with van der Waals surface area (Å²) in [5.74, 6) is 1.29. The second kappa shape index (κ2) is 8.23. The van der Waals surface area contributed by atoms with Crippen LogP contribution in [0.5, 0.6) is 0 Å². The monoisotopic (exact) mass is 273 g/mol. The number of hydrogen-bond acceptors (Lipinski definition) is 2. The molecule has 0 amide bonds. The highest BCUT2D eigenvalue weighted by Crippen LogP contribution is 2.18. The maximum Gasteiger partial charge on any atom is 0.0211 e. The fraction of sp³-hybridized carbons (Fsp3) is 0.412. The van der Waals surface area contributed by atoms with E-state index in [0.29, 0.717) is 0 Å². The maximum absolute atomic E-state index is 3.56. The SMILES string of the molecule is CSCCCCCNCc1cccc2ccccc12. The molecular formula is C17H23NS. The Bertz CT molecular complexity index is 490. The lowest BCUT2D eigenvalue weighted by molar-refractivity contribution is 0.620. The summed E-state index contributed by atoms with van der Waals surface area (Å²) in [6, 6.07) is 15.2. The zero-order valence-corrected chi connectivity index (χ0v) is 12.5. The van der Waals surface area contributed by atoms with E-state index < -0.39 is 0 Å². The highest BCUT2D eigenvalue weighted by molar-refractivity contribution is 7.98. The molecule has 0 saturated carbocycles. The molecule has 0 bridgehead atoms. The lowest BCUT2D eigenvalue weighted by Crippen LogP contribution is -2.14. The van der Waals surface area contributed by atoms with Crippen LogP contribution in [-0.2, 0) is 6.54 Å². The normalized spacial score (nSPS) is 11.0. The standard InChI is InChI=1S/C17H23NS/c1-19-13-6-2-5-12-18-14-16-10-7-9-15-8-3-4-11-17(15)16/h3-4,7-11,18H,2,5-6,12-14H2,1H3. The summed E-state index contributed by atoms with van der Waals surface area (Å²) in [6.45, 7) is 2.10. The van der Waals surface area contributed by atoms with E-state index in [9.17, 15) is 0 Å². The van der Waals surface area contributed by atoms with E-state index in [-0.39, 0.29) is 0 Å². The van der Waals surface area contributed by atoms with Gasteiger partial charge in [0.1, 0.15) is 0 Å². The molecule has 0 saturated heterocycles. The Morgan fingerprint density at radius 3 is 2.68 bits per heavy atom. The third kappa shape index (κ3) is 4.55. The molecule has 0 unspecified atom stereocenters. The number of nitrogens with one attached hydrogen (secondary N) is 1. The summed E-state index contributed by atoms with van der Waals surface area (Å²) in [4.78, 5) is 0. The van der Waals surface area contributed by atoms with Crippen molar-refractivity contribution >= 4 is 22.5 Å². The van der Waals surface area contributed by atoms with Crippen LogP contribution in [0.4, 0.5) is 0 Å². The largest absolute Gasteiger partial charge is 0.313 e. The Balaban J connectivity index is 1.78. The summed E-state index contributed by atoms with van der Waals surface area (Å²) in [7, 11) is 0. The van der Waals surface area contributed by atoms with E-state index >= 15 is 0 Å². The van der Waals surface area contributed by atoms with Crippen LogP contribution in [0.3, 0.4) is 0 Å². The van der Waals surface area contributed by atoms with E-state index in [1.807, 2.05) is 11.8 Å². The molecular weight excluding hydrogens is 250 g/mol. The minimum Gasteiger partial charge on any atom is -0.313 e. The summed E-state index contributed by atoms with van der Waals surface area (Å²) in [5.41, 5.74) is 1.40. The third-order valence-corrected chi connectivity index (χ3v) is 4.09.